The van der Waals surface area contributed by atoms with Gasteiger partial charge in [0.05, 0.1) is 5.56 Å². The second kappa shape index (κ2) is 5.08. The highest BCUT2D eigenvalue weighted by Crippen LogP contribution is 2.25. The summed E-state index contributed by atoms with van der Waals surface area (Å²) in [5, 5.41) is 0. The van der Waals surface area contributed by atoms with Gasteiger partial charge in [-0.25, -0.2) is 0 Å². The number of carbonyl (C=O) groups excluding carboxylic acids is 1. The van der Waals surface area contributed by atoms with Crippen molar-refractivity contribution in [2.24, 2.45) is 5.73 Å². The molecule has 0 bridgehead atoms. The third-order valence-electron chi connectivity index (χ3n) is 3.15. The van der Waals surface area contributed by atoms with Gasteiger partial charge in [0, 0.05) is 17.9 Å². The van der Waals surface area contributed by atoms with Gasteiger partial charge in [0.1, 0.15) is 0 Å². The summed E-state index contributed by atoms with van der Waals surface area (Å²) in [5.41, 5.74) is 9.15. The topological polar surface area (TPSA) is 48.0 Å². The lowest BCUT2D eigenvalue weighted by atomic mass is 10.1. The Kier molecular flexibility index (Phi) is 3.51. The van der Waals surface area contributed by atoms with E-state index in [9.17, 15) is 4.79 Å². The van der Waals surface area contributed by atoms with Gasteiger partial charge in [-0.2, -0.15) is 0 Å². The second-order valence-corrected chi connectivity index (χ2v) is 4.41. The molecule has 0 fully saturated rings. The van der Waals surface area contributed by atoms with Gasteiger partial charge >= 0.3 is 0 Å². The molecule has 3 heteroatoms. The molecule has 0 aliphatic carbocycles. The van der Waals surface area contributed by atoms with Crippen molar-refractivity contribution in [1.82, 2.24) is 4.57 Å². The fourth-order valence-electron chi connectivity index (χ4n) is 2.25. The monoisotopic (exact) mass is 242 g/mol. The van der Waals surface area contributed by atoms with Crippen molar-refractivity contribution in [2.75, 3.05) is 0 Å². The van der Waals surface area contributed by atoms with Crippen molar-refractivity contribution in [2.45, 2.75) is 26.8 Å². The van der Waals surface area contributed by atoms with Crippen LogP contribution in [0.3, 0.4) is 0 Å². The lowest BCUT2D eigenvalue weighted by Gasteiger charge is -2.10. The predicted octanol–water partition coefficient (Wildman–Crippen LogP) is 2.97. The van der Waals surface area contributed by atoms with Crippen molar-refractivity contribution in [1.29, 1.82) is 0 Å². The van der Waals surface area contributed by atoms with E-state index in [1.54, 1.807) is 0 Å². The normalized spacial score (nSPS) is 10.6. The van der Waals surface area contributed by atoms with Crippen LogP contribution in [0.15, 0.2) is 36.4 Å². The minimum atomic E-state index is -0.362. The molecule has 0 radical (unpaired) electrons. The molecule has 0 unspecified atom stereocenters. The van der Waals surface area contributed by atoms with Crippen molar-refractivity contribution in [3.05, 3.63) is 47.7 Å². The Bertz CT molecular complexity index is 555. The van der Waals surface area contributed by atoms with Gasteiger partial charge in [0.25, 0.3) is 5.91 Å². The zero-order valence-electron chi connectivity index (χ0n) is 10.8. The Morgan fingerprint density at radius 1 is 1.28 bits per heavy atom. The maximum absolute atomic E-state index is 11.4. The molecule has 3 nitrogen and oxygen atoms in total. The molecule has 2 rings (SSSR count). The number of primary amides is 1. The SMILES string of the molecule is CCCn1c(-c2ccccc2)cc(C(N)=O)c1C. The molecule has 1 heterocycles. The fraction of sp³-hybridized carbons (Fsp3) is 0.267. The summed E-state index contributed by atoms with van der Waals surface area (Å²) in [4.78, 5) is 11.4. The maximum Gasteiger partial charge on any atom is 0.250 e. The zero-order chi connectivity index (χ0) is 13.1. The highest BCUT2D eigenvalue weighted by molar-refractivity contribution is 5.95. The van der Waals surface area contributed by atoms with E-state index in [1.807, 2.05) is 43.3 Å². The smallest absolute Gasteiger partial charge is 0.250 e. The summed E-state index contributed by atoms with van der Waals surface area (Å²) in [6.07, 6.45) is 1.02. The zero-order valence-corrected chi connectivity index (χ0v) is 10.8. The van der Waals surface area contributed by atoms with Crippen LogP contribution >= 0.6 is 0 Å². The lowest BCUT2D eigenvalue weighted by molar-refractivity contribution is 0.0999. The minimum Gasteiger partial charge on any atom is -0.366 e. The molecule has 2 aromatic rings. The van der Waals surface area contributed by atoms with Gasteiger partial charge in [-0.15, -0.1) is 0 Å². The van der Waals surface area contributed by atoms with Crippen LogP contribution in [0.25, 0.3) is 11.3 Å². The molecule has 0 saturated heterocycles. The number of hydrogen-bond acceptors (Lipinski definition) is 1. The first-order chi connectivity index (χ1) is 8.65. The van der Waals surface area contributed by atoms with Crippen molar-refractivity contribution in [3.63, 3.8) is 0 Å². The molecule has 1 aromatic carbocycles. The van der Waals surface area contributed by atoms with Crippen LogP contribution in [0.2, 0.25) is 0 Å². The maximum atomic E-state index is 11.4. The van der Waals surface area contributed by atoms with Crippen molar-refractivity contribution < 1.29 is 4.79 Å². The molecule has 0 saturated carbocycles. The first-order valence-corrected chi connectivity index (χ1v) is 6.20. The van der Waals surface area contributed by atoms with Gasteiger partial charge in [0.15, 0.2) is 0 Å². The predicted molar refractivity (Wildman–Crippen MR) is 73.4 cm³/mol. The third kappa shape index (κ3) is 2.16. The lowest BCUT2D eigenvalue weighted by Crippen LogP contribution is -2.12. The van der Waals surface area contributed by atoms with E-state index in [0.29, 0.717) is 5.56 Å². The van der Waals surface area contributed by atoms with E-state index in [1.165, 1.54) is 0 Å². The number of nitrogens with two attached hydrogens (primary N) is 1. The highest BCUT2D eigenvalue weighted by Gasteiger charge is 2.15. The molecule has 2 N–H and O–H groups in total. The first-order valence-electron chi connectivity index (χ1n) is 6.20. The van der Waals surface area contributed by atoms with Gasteiger partial charge in [-0.05, 0) is 25.0 Å². The number of amides is 1. The van der Waals surface area contributed by atoms with Crippen molar-refractivity contribution in [3.8, 4) is 11.3 Å². The summed E-state index contributed by atoms with van der Waals surface area (Å²) in [7, 11) is 0. The Morgan fingerprint density at radius 3 is 2.50 bits per heavy atom. The van der Waals surface area contributed by atoms with Crippen LogP contribution in [0.4, 0.5) is 0 Å². The fourth-order valence-corrected chi connectivity index (χ4v) is 2.25. The highest BCUT2D eigenvalue weighted by atomic mass is 16.1. The number of nitrogens with zero attached hydrogens (tertiary/aromatic N) is 1. The van der Waals surface area contributed by atoms with Crippen LogP contribution < -0.4 is 5.73 Å². The molecular formula is C15H18N2O. The summed E-state index contributed by atoms with van der Waals surface area (Å²) in [6, 6.07) is 12.0. The number of hydrogen-bond donors (Lipinski definition) is 1. The van der Waals surface area contributed by atoms with E-state index in [-0.39, 0.29) is 5.91 Å². The van der Waals surface area contributed by atoms with E-state index in [2.05, 4.69) is 11.5 Å². The number of benzene rings is 1. The van der Waals surface area contributed by atoms with E-state index < -0.39 is 0 Å². The average Bonchev–Trinajstić information content (AvgIpc) is 2.69. The van der Waals surface area contributed by atoms with E-state index >= 15 is 0 Å². The molecule has 18 heavy (non-hydrogen) atoms. The van der Waals surface area contributed by atoms with E-state index in [4.69, 9.17) is 5.73 Å². The number of carbonyl (C=O) groups is 1. The summed E-state index contributed by atoms with van der Waals surface area (Å²) < 4.78 is 2.16. The largest absolute Gasteiger partial charge is 0.366 e. The van der Waals surface area contributed by atoms with Crippen LogP contribution in [-0.2, 0) is 6.54 Å². The van der Waals surface area contributed by atoms with Crippen molar-refractivity contribution >= 4 is 5.91 Å². The minimum absolute atomic E-state index is 0.362. The number of aromatic nitrogens is 1. The average molecular weight is 242 g/mol. The van der Waals surface area contributed by atoms with E-state index in [0.717, 1.165) is 29.9 Å². The summed E-state index contributed by atoms with van der Waals surface area (Å²) in [6.45, 7) is 4.96. The molecule has 1 aromatic heterocycles. The van der Waals surface area contributed by atoms with Crippen LogP contribution in [0.1, 0.15) is 29.4 Å². The van der Waals surface area contributed by atoms with Gasteiger partial charge in [-0.1, -0.05) is 37.3 Å². The van der Waals surface area contributed by atoms with Gasteiger partial charge < -0.3 is 10.3 Å². The van der Waals surface area contributed by atoms with Gasteiger partial charge in [0.2, 0.25) is 0 Å². The van der Waals surface area contributed by atoms with Crippen LogP contribution in [0.5, 0.6) is 0 Å². The van der Waals surface area contributed by atoms with Crippen LogP contribution in [0, 0.1) is 6.92 Å². The summed E-state index contributed by atoms with van der Waals surface area (Å²) >= 11 is 0. The van der Waals surface area contributed by atoms with Crippen LogP contribution in [-0.4, -0.2) is 10.5 Å². The molecule has 1 amide bonds. The Balaban J connectivity index is 2.59. The molecule has 0 atom stereocenters. The van der Waals surface area contributed by atoms with Gasteiger partial charge in [-0.3, -0.25) is 4.79 Å². The Labute approximate surface area is 107 Å². The number of rotatable bonds is 4. The Morgan fingerprint density at radius 2 is 1.94 bits per heavy atom. The first kappa shape index (κ1) is 12.4. The third-order valence-corrected chi connectivity index (χ3v) is 3.15. The standard InChI is InChI=1S/C15H18N2O/c1-3-9-17-11(2)13(15(16)18)10-14(17)12-7-5-4-6-8-12/h4-8,10H,3,9H2,1-2H3,(H2,16,18). The second-order valence-electron chi connectivity index (χ2n) is 4.41. The molecule has 0 spiro atoms. The summed E-state index contributed by atoms with van der Waals surface area (Å²) in [5.74, 6) is -0.362. The molecule has 0 aliphatic rings. The molecule has 94 valence electrons. The molecule has 0 aliphatic heterocycles. The molecular weight excluding hydrogens is 224 g/mol. The Hall–Kier alpha value is -2.03. The quantitative estimate of drug-likeness (QED) is 0.880.